The van der Waals surface area contributed by atoms with E-state index in [0.29, 0.717) is 5.41 Å². The Hall–Kier alpha value is -0.120. The highest BCUT2D eigenvalue weighted by Crippen LogP contribution is 2.36. The fourth-order valence-electron chi connectivity index (χ4n) is 2.53. The fourth-order valence-corrected chi connectivity index (χ4v) is 2.53. The van der Waals surface area contributed by atoms with E-state index >= 15 is 0 Å². The molecular weight excluding hydrogens is 250 g/mol. The molecular formula is C17H37NO2. The molecule has 0 rings (SSSR count). The topological polar surface area (TPSA) is 30.5 Å². The van der Waals surface area contributed by atoms with Gasteiger partial charge in [-0.3, -0.25) is 0 Å². The summed E-state index contributed by atoms with van der Waals surface area (Å²) in [6, 6.07) is 0. The van der Waals surface area contributed by atoms with Gasteiger partial charge in [-0.15, -0.1) is 0 Å². The zero-order chi connectivity index (χ0) is 15.5. The summed E-state index contributed by atoms with van der Waals surface area (Å²) in [5, 5.41) is 3.58. The van der Waals surface area contributed by atoms with Gasteiger partial charge >= 0.3 is 0 Å². The molecule has 20 heavy (non-hydrogen) atoms. The van der Waals surface area contributed by atoms with Crippen molar-refractivity contribution in [3.8, 4) is 0 Å². The van der Waals surface area contributed by atoms with Crippen LogP contribution in [0.15, 0.2) is 0 Å². The van der Waals surface area contributed by atoms with Gasteiger partial charge in [-0.05, 0) is 44.9 Å². The number of ether oxygens (including phenoxy) is 2. The number of nitrogens with one attached hydrogen (secondary N) is 1. The lowest BCUT2D eigenvalue weighted by Gasteiger charge is -2.36. The SMILES string of the molecule is CCCCC(CC)(CCC(C)(C)OC)CNCCOC. The Morgan fingerprint density at radius 3 is 2.20 bits per heavy atom. The second-order valence-electron chi connectivity index (χ2n) is 6.59. The molecule has 0 amide bonds. The molecule has 0 bridgehead atoms. The molecule has 0 aliphatic carbocycles. The van der Waals surface area contributed by atoms with Gasteiger partial charge in [-0.1, -0.05) is 26.7 Å². The first-order chi connectivity index (χ1) is 9.45. The maximum absolute atomic E-state index is 5.58. The molecule has 0 fully saturated rings. The molecule has 0 saturated heterocycles. The Kier molecular flexibility index (Phi) is 10.5. The van der Waals surface area contributed by atoms with Crippen LogP contribution in [-0.2, 0) is 9.47 Å². The van der Waals surface area contributed by atoms with Crippen molar-refractivity contribution in [3.05, 3.63) is 0 Å². The lowest BCUT2D eigenvalue weighted by Crippen LogP contribution is -2.37. The number of rotatable bonds is 13. The van der Waals surface area contributed by atoms with E-state index in [0.717, 1.165) is 26.1 Å². The van der Waals surface area contributed by atoms with Crippen LogP contribution in [0, 0.1) is 5.41 Å². The molecule has 122 valence electrons. The molecule has 3 nitrogen and oxygen atoms in total. The fraction of sp³-hybridized carbons (Fsp3) is 1.00. The molecule has 1 atom stereocenters. The van der Waals surface area contributed by atoms with Crippen molar-refractivity contribution in [3.63, 3.8) is 0 Å². The third-order valence-corrected chi connectivity index (χ3v) is 4.60. The minimum Gasteiger partial charge on any atom is -0.383 e. The van der Waals surface area contributed by atoms with E-state index in [1.807, 2.05) is 7.11 Å². The summed E-state index contributed by atoms with van der Waals surface area (Å²) in [5.41, 5.74) is 0.388. The van der Waals surface area contributed by atoms with Crippen molar-refractivity contribution in [2.45, 2.75) is 71.8 Å². The van der Waals surface area contributed by atoms with Crippen LogP contribution >= 0.6 is 0 Å². The Morgan fingerprint density at radius 2 is 1.70 bits per heavy atom. The van der Waals surface area contributed by atoms with E-state index < -0.39 is 0 Å². The molecule has 0 spiro atoms. The van der Waals surface area contributed by atoms with Gasteiger partial charge in [0.25, 0.3) is 0 Å². The Labute approximate surface area is 126 Å². The number of unbranched alkanes of at least 4 members (excludes halogenated alkanes) is 1. The first-order valence-electron chi connectivity index (χ1n) is 8.20. The molecule has 0 heterocycles. The van der Waals surface area contributed by atoms with E-state index in [9.17, 15) is 0 Å². The van der Waals surface area contributed by atoms with Crippen molar-refractivity contribution in [1.82, 2.24) is 5.32 Å². The molecule has 0 aliphatic heterocycles. The van der Waals surface area contributed by atoms with Crippen LogP contribution in [0.25, 0.3) is 0 Å². The van der Waals surface area contributed by atoms with Crippen molar-refractivity contribution >= 4 is 0 Å². The largest absolute Gasteiger partial charge is 0.383 e. The minimum absolute atomic E-state index is 0.0147. The Morgan fingerprint density at radius 1 is 1.00 bits per heavy atom. The molecule has 0 aromatic rings. The van der Waals surface area contributed by atoms with Crippen LogP contribution in [0.4, 0.5) is 0 Å². The summed E-state index contributed by atoms with van der Waals surface area (Å²) in [7, 11) is 3.57. The maximum Gasteiger partial charge on any atom is 0.0623 e. The van der Waals surface area contributed by atoms with Crippen molar-refractivity contribution in [2.75, 3.05) is 33.9 Å². The van der Waals surface area contributed by atoms with Crippen LogP contribution in [0.1, 0.15) is 66.2 Å². The zero-order valence-electron chi connectivity index (χ0n) is 14.7. The van der Waals surface area contributed by atoms with Gasteiger partial charge in [0.2, 0.25) is 0 Å². The van der Waals surface area contributed by atoms with Gasteiger partial charge in [0.05, 0.1) is 12.2 Å². The average molecular weight is 287 g/mol. The maximum atomic E-state index is 5.58. The normalized spacial score (nSPS) is 15.3. The molecule has 0 saturated carbocycles. The number of hydrogen-bond acceptors (Lipinski definition) is 3. The molecule has 0 radical (unpaired) electrons. The summed E-state index contributed by atoms with van der Waals surface area (Å²) in [6.45, 7) is 11.8. The van der Waals surface area contributed by atoms with Crippen LogP contribution in [-0.4, -0.2) is 39.5 Å². The molecule has 0 aliphatic rings. The first kappa shape index (κ1) is 19.9. The van der Waals surface area contributed by atoms with E-state index in [2.05, 4.69) is 33.0 Å². The van der Waals surface area contributed by atoms with Crippen molar-refractivity contribution < 1.29 is 9.47 Å². The monoisotopic (exact) mass is 287 g/mol. The van der Waals surface area contributed by atoms with E-state index in [1.54, 1.807) is 7.11 Å². The number of methoxy groups -OCH3 is 2. The second kappa shape index (κ2) is 10.6. The highest BCUT2D eigenvalue weighted by atomic mass is 16.5. The zero-order valence-corrected chi connectivity index (χ0v) is 14.7. The van der Waals surface area contributed by atoms with Crippen LogP contribution < -0.4 is 5.32 Å². The van der Waals surface area contributed by atoms with Gasteiger partial charge in [0, 0.05) is 27.3 Å². The number of hydrogen-bond donors (Lipinski definition) is 1. The molecule has 1 N–H and O–H groups in total. The summed E-state index contributed by atoms with van der Waals surface area (Å²) >= 11 is 0. The lowest BCUT2D eigenvalue weighted by molar-refractivity contribution is 0.00154. The van der Waals surface area contributed by atoms with Gasteiger partial charge in [0.1, 0.15) is 0 Å². The Bertz CT molecular complexity index is 231. The summed E-state index contributed by atoms with van der Waals surface area (Å²) < 4.78 is 10.7. The van der Waals surface area contributed by atoms with E-state index in [1.165, 1.54) is 32.1 Å². The van der Waals surface area contributed by atoms with Crippen LogP contribution in [0.5, 0.6) is 0 Å². The first-order valence-corrected chi connectivity index (χ1v) is 8.20. The molecule has 3 heteroatoms. The average Bonchev–Trinajstić information content (AvgIpc) is 2.46. The van der Waals surface area contributed by atoms with E-state index in [4.69, 9.17) is 9.47 Å². The van der Waals surface area contributed by atoms with E-state index in [-0.39, 0.29) is 5.60 Å². The van der Waals surface area contributed by atoms with Gasteiger partial charge in [-0.2, -0.15) is 0 Å². The lowest BCUT2D eigenvalue weighted by atomic mass is 9.74. The predicted molar refractivity (Wildman–Crippen MR) is 87.3 cm³/mol. The standard InChI is InChI=1S/C17H37NO2/c1-7-9-10-17(8-2,15-18-13-14-19-5)12-11-16(3,4)20-6/h18H,7-15H2,1-6H3. The quantitative estimate of drug-likeness (QED) is 0.519. The van der Waals surface area contributed by atoms with Crippen LogP contribution in [0.2, 0.25) is 0 Å². The molecule has 0 aromatic carbocycles. The molecule has 0 aromatic heterocycles. The van der Waals surface area contributed by atoms with Gasteiger partial charge < -0.3 is 14.8 Å². The minimum atomic E-state index is -0.0147. The Balaban J connectivity index is 4.49. The molecule has 1 unspecified atom stereocenters. The van der Waals surface area contributed by atoms with Crippen molar-refractivity contribution in [2.24, 2.45) is 5.41 Å². The highest BCUT2D eigenvalue weighted by molar-refractivity contribution is 4.83. The second-order valence-corrected chi connectivity index (χ2v) is 6.59. The summed E-state index contributed by atoms with van der Waals surface area (Å²) in [6.07, 6.45) is 7.46. The summed E-state index contributed by atoms with van der Waals surface area (Å²) in [4.78, 5) is 0. The smallest absolute Gasteiger partial charge is 0.0623 e. The third-order valence-electron chi connectivity index (χ3n) is 4.60. The van der Waals surface area contributed by atoms with Crippen molar-refractivity contribution in [1.29, 1.82) is 0 Å². The predicted octanol–water partition coefficient (Wildman–Crippen LogP) is 4.01. The highest BCUT2D eigenvalue weighted by Gasteiger charge is 2.30. The summed E-state index contributed by atoms with van der Waals surface area (Å²) in [5.74, 6) is 0. The van der Waals surface area contributed by atoms with Gasteiger partial charge in [-0.25, -0.2) is 0 Å². The van der Waals surface area contributed by atoms with Crippen LogP contribution in [0.3, 0.4) is 0 Å². The third kappa shape index (κ3) is 8.23. The van der Waals surface area contributed by atoms with Gasteiger partial charge in [0.15, 0.2) is 0 Å².